The van der Waals surface area contributed by atoms with Crippen molar-refractivity contribution in [1.29, 1.82) is 0 Å². The van der Waals surface area contributed by atoms with Crippen molar-refractivity contribution < 1.29 is 17.7 Å². The maximum absolute atomic E-state index is 5.64. The van der Waals surface area contributed by atoms with E-state index in [1.54, 1.807) is 0 Å². The quantitative estimate of drug-likeness (QED) is 0.753. The summed E-state index contributed by atoms with van der Waals surface area (Å²) in [7, 11) is -1.99. The van der Waals surface area contributed by atoms with Gasteiger partial charge in [-0.3, -0.25) is 0 Å². The SMILES string of the molecule is CC(C)(C)O[SiH2]Oc1ccc(O[SiH2]OC(C)(C)C)cc1. The lowest BCUT2D eigenvalue weighted by Crippen LogP contribution is -2.25. The van der Waals surface area contributed by atoms with Gasteiger partial charge < -0.3 is 17.7 Å². The summed E-state index contributed by atoms with van der Waals surface area (Å²) < 4.78 is 22.6. The number of hydrogen-bond acceptors (Lipinski definition) is 4. The van der Waals surface area contributed by atoms with Crippen LogP contribution in [0.2, 0.25) is 0 Å². The molecule has 114 valence electrons. The highest BCUT2D eigenvalue weighted by atomic mass is 28.3. The third kappa shape index (κ3) is 8.37. The molecule has 0 saturated carbocycles. The number of rotatable bonds is 6. The Kier molecular flexibility index (Phi) is 6.25. The Morgan fingerprint density at radius 1 is 0.650 bits per heavy atom. The van der Waals surface area contributed by atoms with Crippen LogP contribution in [0.5, 0.6) is 11.5 Å². The van der Waals surface area contributed by atoms with Crippen LogP contribution in [0.25, 0.3) is 0 Å². The summed E-state index contributed by atoms with van der Waals surface area (Å²) in [6.45, 7) is 12.2. The molecule has 0 saturated heterocycles. The van der Waals surface area contributed by atoms with E-state index in [0.717, 1.165) is 11.5 Å². The van der Waals surface area contributed by atoms with Crippen LogP contribution in [0.3, 0.4) is 0 Å². The Bertz CT molecular complexity index is 354. The topological polar surface area (TPSA) is 36.9 Å². The maximum atomic E-state index is 5.64. The zero-order chi connectivity index (χ0) is 15.2. The highest BCUT2D eigenvalue weighted by Gasteiger charge is 2.11. The lowest BCUT2D eigenvalue weighted by Gasteiger charge is -2.20. The van der Waals surface area contributed by atoms with E-state index in [1.165, 1.54) is 0 Å². The second-order valence-corrected chi connectivity index (χ2v) is 8.14. The molecule has 1 aromatic rings. The first-order chi connectivity index (χ1) is 9.16. The molecule has 0 N–H and O–H groups in total. The number of hydrogen-bond donors (Lipinski definition) is 0. The van der Waals surface area contributed by atoms with E-state index in [2.05, 4.69) is 0 Å². The fraction of sp³-hybridized carbons (Fsp3) is 0.571. The molecule has 0 aliphatic rings. The molecule has 6 heteroatoms. The Balaban J connectivity index is 2.33. The molecule has 0 aliphatic heterocycles. The van der Waals surface area contributed by atoms with E-state index in [1.807, 2.05) is 65.8 Å². The normalized spacial score (nSPS) is 13.5. The molecule has 0 unspecified atom stereocenters. The molecule has 0 fully saturated rings. The van der Waals surface area contributed by atoms with Gasteiger partial charge in [0, 0.05) is 0 Å². The van der Waals surface area contributed by atoms with Crippen LogP contribution in [0.15, 0.2) is 24.3 Å². The van der Waals surface area contributed by atoms with Crippen LogP contribution in [0.1, 0.15) is 41.5 Å². The van der Waals surface area contributed by atoms with Gasteiger partial charge in [0.1, 0.15) is 11.5 Å². The fourth-order valence-corrected chi connectivity index (χ4v) is 2.66. The van der Waals surface area contributed by atoms with E-state index in [4.69, 9.17) is 17.7 Å². The summed E-state index contributed by atoms with van der Waals surface area (Å²) >= 11 is 0. The Morgan fingerprint density at radius 2 is 0.950 bits per heavy atom. The smallest absolute Gasteiger partial charge is 0.366 e. The molecule has 0 aliphatic carbocycles. The lowest BCUT2D eigenvalue weighted by molar-refractivity contribution is 0.117. The molecule has 0 amide bonds. The van der Waals surface area contributed by atoms with Crippen molar-refractivity contribution in [2.45, 2.75) is 52.7 Å². The predicted octanol–water partition coefficient (Wildman–Crippen LogP) is 2.07. The van der Waals surface area contributed by atoms with E-state index in [9.17, 15) is 0 Å². The number of benzene rings is 1. The van der Waals surface area contributed by atoms with Gasteiger partial charge in [-0.25, -0.2) is 0 Å². The van der Waals surface area contributed by atoms with Gasteiger partial charge in [-0.05, 0) is 65.8 Å². The van der Waals surface area contributed by atoms with Crippen LogP contribution >= 0.6 is 0 Å². The Hall–Kier alpha value is -0.826. The molecule has 0 spiro atoms. The maximum Gasteiger partial charge on any atom is 0.366 e. The van der Waals surface area contributed by atoms with Gasteiger partial charge >= 0.3 is 20.0 Å². The highest BCUT2D eigenvalue weighted by Crippen LogP contribution is 2.18. The largest absolute Gasteiger partial charge is 0.525 e. The molecule has 0 atom stereocenters. The van der Waals surface area contributed by atoms with Crippen LogP contribution in [-0.4, -0.2) is 31.2 Å². The molecule has 0 radical (unpaired) electrons. The minimum Gasteiger partial charge on any atom is -0.525 e. The van der Waals surface area contributed by atoms with Crippen LogP contribution < -0.4 is 8.85 Å². The van der Waals surface area contributed by atoms with Crippen molar-refractivity contribution in [2.24, 2.45) is 0 Å². The fourth-order valence-electron chi connectivity index (χ4n) is 1.18. The monoisotopic (exact) mass is 314 g/mol. The second-order valence-electron chi connectivity index (χ2n) is 6.51. The first kappa shape index (κ1) is 17.2. The first-order valence-electron chi connectivity index (χ1n) is 6.79. The van der Waals surface area contributed by atoms with Gasteiger partial charge in [-0.1, -0.05) is 0 Å². The average molecular weight is 315 g/mol. The van der Waals surface area contributed by atoms with Crippen molar-refractivity contribution >= 4 is 20.0 Å². The molecular weight excluding hydrogens is 288 g/mol. The minimum atomic E-state index is -0.995. The van der Waals surface area contributed by atoms with E-state index < -0.39 is 20.0 Å². The minimum absolute atomic E-state index is 0.134. The summed E-state index contributed by atoms with van der Waals surface area (Å²) in [4.78, 5) is 0. The lowest BCUT2D eigenvalue weighted by atomic mass is 10.2. The third-order valence-corrected chi connectivity index (χ3v) is 5.13. The van der Waals surface area contributed by atoms with E-state index in [0.29, 0.717) is 0 Å². The molecule has 1 rings (SSSR count). The molecular formula is C14H26O4Si2. The summed E-state index contributed by atoms with van der Waals surface area (Å²) in [6, 6.07) is 7.61. The van der Waals surface area contributed by atoms with Gasteiger partial charge in [0.05, 0.1) is 11.2 Å². The van der Waals surface area contributed by atoms with E-state index >= 15 is 0 Å². The molecule has 4 nitrogen and oxygen atoms in total. The summed E-state index contributed by atoms with van der Waals surface area (Å²) in [5.41, 5.74) is -0.268. The zero-order valence-electron chi connectivity index (χ0n) is 13.4. The predicted molar refractivity (Wildman–Crippen MR) is 86.5 cm³/mol. The standard InChI is InChI=1S/C14H26O4Si2/c1-13(2,3)17-19-15-11-7-9-12(10-8-11)16-20-18-14(4,5)6/h7-10H,19-20H2,1-6H3. The van der Waals surface area contributed by atoms with Crippen LogP contribution in [0.4, 0.5) is 0 Å². The van der Waals surface area contributed by atoms with Crippen molar-refractivity contribution in [3.63, 3.8) is 0 Å². The Labute approximate surface area is 126 Å². The summed E-state index contributed by atoms with van der Waals surface area (Å²) in [6.07, 6.45) is 0. The van der Waals surface area contributed by atoms with Gasteiger partial charge in [-0.15, -0.1) is 0 Å². The summed E-state index contributed by atoms with van der Waals surface area (Å²) in [5, 5.41) is 0. The molecule has 20 heavy (non-hydrogen) atoms. The van der Waals surface area contributed by atoms with E-state index in [-0.39, 0.29) is 11.2 Å². The molecule has 1 aromatic carbocycles. The summed E-state index contributed by atoms with van der Waals surface area (Å²) in [5.74, 6) is 1.65. The van der Waals surface area contributed by atoms with Crippen molar-refractivity contribution in [2.75, 3.05) is 0 Å². The van der Waals surface area contributed by atoms with Gasteiger partial charge in [0.15, 0.2) is 0 Å². The first-order valence-corrected chi connectivity index (χ1v) is 9.10. The van der Waals surface area contributed by atoms with Crippen molar-refractivity contribution in [1.82, 2.24) is 0 Å². The third-order valence-electron chi connectivity index (χ3n) is 2.26. The van der Waals surface area contributed by atoms with Gasteiger partial charge in [-0.2, -0.15) is 0 Å². The van der Waals surface area contributed by atoms with Gasteiger partial charge in [0.25, 0.3) is 0 Å². The molecule has 0 heterocycles. The molecule has 0 bridgehead atoms. The van der Waals surface area contributed by atoms with Crippen molar-refractivity contribution in [3.05, 3.63) is 24.3 Å². The Morgan fingerprint density at radius 3 is 1.20 bits per heavy atom. The average Bonchev–Trinajstić information content (AvgIpc) is 2.28. The van der Waals surface area contributed by atoms with Crippen LogP contribution in [-0.2, 0) is 8.85 Å². The zero-order valence-corrected chi connectivity index (χ0v) is 16.2. The highest BCUT2D eigenvalue weighted by molar-refractivity contribution is 6.20. The van der Waals surface area contributed by atoms with Gasteiger partial charge in [0.2, 0.25) is 0 Å². The second kappa shape index (κ2) is 7.26. The van der Waals surface area contributed by atoms with Crippen molar-refractivity contribution in [3.8, 4) is 11.5 Å². The molecule has 0 aromatic heterocycles. The van der Waals surface area contributed by atoms with Crippen LogP contribution in [0, 0.1) is 0 Å².